The van der Waals surface area contributed by atoms with E-state index in [9.17, 15) is 15.0 Å². The van der Waals surface area contributed by atoms with Gasteiger partial charge in [0.25, 0.3) is 0 Å². The monoisotopic (exact) mass is 277 g/mol. The van der Waals surface area contributed by atoms with Crippen molar-refractivity contribution >= 4 is 11.9 Å². The van der Waals surface area contributed by atoms with Gasteiger partial charge in [0, 0.05) is 6.42 Å². The van der Waals surface area contributed by atoms with Crippen molar-refractivity contribution in [2.24, 2.45) is 0 Å². The van der Waals surface area contributed by atoms with Crippen LogP contribution in [0.25, 0.3) is 6.08 Å². The van der Waals surface area contributed by atoms with Crippen LogP contribution in [0.5, 0.6) is 11.5 Å². The zero-order valence-corrected chi connectivity index (χ0v) is 12.2. The number of allylic oxidation sites excluding steroid dienone is 1. The third-order valence-corrected chi connectivity index (χ3v) is 2.99. The molecule has 0 unspecified atom stereocenters. The maximum Gasteiger partial charge on any atom is 0.157 e. The number of phenols is 2. The number of hydrogen-bond acceptors (Lipinski definition) is 4. The quantitative estimate of drug-likeness (QED) is 0.436. The molecule has 0 radical (unpaired) electrons. The maximum atomic E-state index is 11.7. The molecular weight excluding hydrogens is 254 g/mol. The summed E-state index contributed by atoms with van der Waals surface area (Å²) < 4.78 is 0. The summed E-state index contributed by atoms with van der Waals surface area (Å²) >= 11 is 0. The molecule has 110 valence electrons. The molecule has 0 heterocycles. The normalized spacial score (nSPS) is 11.3. The number of carbonyl (C=O) groups is 1. The van der Waals surface area contributed by atoms with E-state index in [1.807, 2.05) is 14.1 Å². The lowest BCUT2D eigenvalue weighted by molar-refractivity contribution is -0.114. The smallest absolute Gasteiger partial charge is 0.157 e. The van der Waals surface area contributed by atoms with Crippen molar-refractivity contribution in [2.75, 3.05) is 20.6 Å². The van der Waals surface area contributed by atoms with Gasteiger partial charge in [-0.25, -0.2) is 0 Å². The van der Waals surface area contributed by atoms with Gasteiger partial charge in [0.1, 0.15) is 0 Å². The largest absolute Gasteiger partial charge is 0.504 e. The molecule has 0 saturated heterocycles. The molecule has 1 aromatic carbocycles. The van der Waals surface area contributed by atoms with E-state index in [2.05, 4.69) is 4.90 Å². The fourth-order valence-electron chi connectivity index (χ4n) is 1.82. The second-order valence-electron chi connectivity index (χ2n) is 5.16. The van der Waals surface area contributed by atoms with E-state index >= 15 is 0 Å². The standard InChI is InChI=1S/C16H23NO3/c1-17(2)11-5-3-4-6-14(18)9-7-13-8-10-15(19)16(20)12-13/h7-10,12,19-20H,3-6,11H2,1-2H3. The lowest BCUT2D eigenvalue weighted by Crippen LogP contribution is -2.12. The van der Waals surface area contributed by atoms with Crippen molar-refractivity contribution in [3.8, 4) is 11.5 Å². The van der Waals surface area contributed by atoms with Crippen molar-refractivity contribution in [1.82, 2.24) is 4.90 Å². The third kappa shape index (κ3) is 6.38. The SMILES string of the molecule is CN(C)CCCCCC(=O)C=Cc1ccc(O)c(O)c1. The summed E-state index contributed by atoms with van der Waals surface area (Å²) in [6.45, 7) is 1.05. The predicted molar refractivity (Wildman–Crippen MR) is 80.8 cm³/mol. The molecule has 0 aromatic heterocycles. The van der Waals surface area contributed by atoms with Crippen LogP contribution >= 0.6 is 0 Å². The number of aromatic hydroxyl groups is 2. The van der Waals surface area contributed by atoms with E-state index in [0.717, 1.165) is 25.8 Å². The number of nitrogens with zero attached hydrogens (tertiary/aromatic N) is 1. The molecule has 4 heteroatoms. The average Bonchev–Trinajstić information content (AvgIpc) is 2.39. The molecule has 20 heavy (non-hydrogen) atoms. The van der Waals surface area contributed by atoms with Crippen molar-refractivity contribution in [3.63, 3.8) is 0 Å². The van der Waals surface area contributed by atoms with Crippen LogP contribution in [0, 0.1) is 0 Å². The van der Waals surface area contributed by atoms with Crippen LogP contribution in [0.2, 0.25) is 0 Å². The third-order valence-electron chi connectivity index (χ3n) is 2.99. The van der Waals surface area contributed by atoms with Crippen LogP contribution in [-0.4, -0.2) is 41.5 Å². The Morgan fingerprint density at radius 2 is 1.90 bits per heavy atom. The fourth-order valence-corrected chi connectivity index (χ4v) is 1.82. The first-order chi connectivity index (χ1) is 9.49. The van der Waals surface area contributed by atoms with Gasteiger partial charge in [0.15, 0.2) is 17.3 Å². The van der Waals surface area contributed by atoms with Crippen molar-refractivity contribution in [2.45, 2.75) is 25.7 Å². The van der Waals surface area contributed by atoms with E-state index < -0.39 is 0 Å². The maximum absolute atomic E-state index is 11.7. The highest BCUT2D eigenvalue weighted by Gasteiger charge is 2.00. The number of phenolic OH excluding ortho intramolecular Hbond substituents is 2. The first kappa shape index (κ1) is 16.2. The second kappa shape index (κ2) is 8.38. The summed E-state index contributed by atoms with van der Waals surface area (Å²) in [4.78, 5) is 13.8. The molecule has 1 aromatic rings. The highest BCUT2D eigenvalue weighted by Crippen LogP contribution is 2.25. The summed E-state index contributed by atoms with van der Waals surface area (Å²) in [7, 11) is 4.09. The first-order valence-corrected chi connectivity index (χ1v) is 6.86. The Hall–Kier alpha value is -1.81. The molecule has 0 aliphatic carbocycles. The Morgan fingerprint density at radius 1 is 1.15 bits per heavy atom. The van der Waals surface area contributed by atoms with Crippen molar-refractivity contribution < 1.29 is 15.0 Å². The number of unbranched alkanes of at least 4 members (excludes halogenated alkanes) is 2. The zero-order chi connectivity index (χ0) is 15.0. The molecule has 0 spiro atoms. The fraction of sp³-hybridized carbons (Fsp3) is 0.438. The molecule has 0 fully saturated rings. The van der Waals surface area contributed by atoms with Crippen LogP contribution < -0.4 is 0 Å². The lowest BCUT2D eigenvalue weighted by Gasteiger charge is -2.07. The number of rotatable bonds is 8. The van der Waals surface area contributed by atoms with Gasteiger partial charge >= 0.3 is 0 Å². The molecular formula is C16H23NO3. The van der Waals surface area contributed by atoms with E-state index in [-0.39, 0.29) is 17.3 Å². The van der Waals surface area contributed by atoms with E-state index in [4.69, 9.17) is 0 Å². The average molecular weight is 277 g/mol. The van der Waals surface area contributed by atoms with E-state index in [0.29, 0.717) is 12.0 Å². The van der Waals surface area contributed by atoms with Crippen LogP contribution in [0.4, 0.5) is 0 Å². The summed E-state index contributed by atoms with van der Waals surface area (Å²) in [6, 6.07) is 4.48. The van der Waals surface area contributed by atoms with E-state index in [1.165, 1.54) is 18.2 Å². The van der Waals surface area contributed by atoms with Crippen LogP contribution in [-0.2, 0) is 4.79 Å². The first-order valence-electron chi connectivity index (χ1n) is 6.86. The van der Waals surface area contributed by atoms with Crippen LogP contribution in [0.3, 0.4) is 0 Å². The molecule has 0 bridgehead atoms. The summed E-state index contributed by atoms with van der Waals surface area (Å²) in [5.41, 5.74) is 0.696. The van der Waals surface area contributed by atoms with Gasteiger partial charge < -0.3 is 15.1 Å². The minimum absolute atomic E-state index is 0.0856. The molecule has 4 nitrogen and oxygen atoms in total. The topological polar surface area (TPSA) is 60.8 Å². The molecule has 0 saturated carbocycles. The van der Waals surface area contributed by atoms with Gasteiger partial charge in [-0.1, -0.05) is 18.6 Å². The molecule has 0 amide bonds. The Bertz CT molecular complexity index is 467. The molecule has 0 aliphatic heterocycles. The molecule has 0 aliphatic rings. The number of hydrogen-bond donors (Lipinski definition) is 2. The second-order valence-corrected chi connectivity index (χ2v) is 5.16. The van der Waals surface area contributed by atoms with Crippen LogP contribution in [0.1, 0.15) is 31.2 Å². The summed E-state index contributed by atoms with van der Waals surface area (Å²) in [5, 5.41) is 18.5. The zero-order valence-electron chi connectivity index (χ0n) is 12.2. The Kier molecular flexibility index (Phi) is 6.81. The van der Waals surface area contributed by atoms with E-state index in [1.54, 1.807) is 12.1 Å². The van der Waals surface area contributed by atoms with Gasteiger partial charge in [-0.2, -0.15) is 0 Å². The number of benzene rings is 1. The highest BCUT2D eigenvalue weighted by molar-refractivity contribution is 5.93. The number of ketones is 1. The minimum Gasteiger partial charge on any atom is -0.504 e. The van der Waals surface area contributed by atoms with Crippen molar-refractivity contribution in [3.05, 3.63) is 29.8 Å². The van der Waals surface area contributed by atoms with Gasteiger partial charge in [0.2, 0.25) is 0 Å². The molecule has 2 N–H and O–H groups in total. The molecule has 0 atom stereocenters. The Balaban J connectivity index is 2.31. The van der Waals surface area contributed by atoms with Crippen LogP contribution in [0.15, 0.2) is 24.3 Å². The summed E-state index contributed by atoms with van der Waals surface area (Å²) in [6.07, 6.45) is 6.79. The summed E-state index contributed by atoms with van der Waals surface area (Å²) in [5.74, 6) is -0.250. The number of carbonyl (C=O) groups excluding carboxylic acids is 1. The predicted octanol–water partition coefficient (Wildman–Crippen LogP) is 2.80. The van der Waals surface area contributed by atoms with Gasteiger partial charge in [-0.15, -0.1) is 0 Å². The Labute approximate surface area is 120 Å². The lowest BCUT2D eigenvalue weighted by atomic mass is 10.1. The minimum atomic E-state index is -0.178. The molecule has 1 rings (SSSR count). The van der Waals surface area contributed by atoms with Gasteiger partial charge in [-0.3, -0.25) is 4.79 Å². The highest BCUT2D eigenvalue weighted by atomic mass is 16.3. The Morgan fingerprint density at radius 3 is 2.55 bits per heavy atom. The van der Waals surface area contributed by atoms with Gasteiger partial charge in [0.05, 0.1) is 0 Å². The van der Waals surface area contributed by atoms with Crippen molar-refractivity contribution in [1.29, 1.82) is 0 Å². The van der Waals surface area contributed by atoms with Gasteiger partial charge in [-0.05, 0) is 57.3 Å².